The molecule has 5 aliphatic rings. The molecule has 1 saturated heterocycles. The molecule has 4 unspecified atom stereocenters. The fraction of sp³-hybridized carbons (Fsp3) is 0.750. The predicted molar refractivity (Wildman–Crippen MR) is 109 cm³/mol. The van der Waals surface area contributed by atoms with E-state index in [1.165, 1.54) is 19.1 Å². The summed E-state index contributed by atoms with van der Waals surface area (Å²) in [5.41, 5.74) is -6.30. The van der Waals surface area contributed by atoms with Gasteiger partial charge in [0.15, 0.2) is 28.6 Å². The molecule has 3 saturated carbocycles. The third kappa shape index (κ3) is 2.32. The number of ether oxygens (including phenoxy) is 2. The topological polar surface area (TPSA) is 93.1 Å². The van der Waals surface area contributed by atoms with Crippen LogP contribution in [0.4, 0.5) is 8.78 Å². The van der Waals surface area contributed by atoms with Gasteiger partial charge in [0, 0.05) is 16.7 Å². The molecule has 0 spiro atoms. The van der Waals surface area contributed by atoms with Crippen LogP contribution in [0.15, 0.2) is 23.8 Å². The third-order valence-electron chi connectivity index (χ3n) is 9.18. The van der Waals surface area contributed by atoms with Crippen LogP contribution in [0.2, 0.25) is 0 Å². The van der Waals surface area contributed by atoms with E-state index in [-0.39, 0.29) is 24.8 Å². The van der Waals surface area contributed by atoms with Crippen LogP contribution in [0.3, 0.4) is 0 Å². The smallest absolute Gasteiger partial charge is 0.193 e. The van der Waals surface area contributed by atoms with Gasteiger partial charge in [-0.05, 0) is 63.7 Å². The third-order valence-corrected chi connectivity index (χ3v) is 9.18. The molecule has 0 radical (unpaired) electrons. The summed E-state index contributed by atoms with van der Waals surface area (Å²) in [6, 6.07) is 0. The molecule has 6 nitrogen and oxygen atoms in total. The highest BCUT2D eigenvalue weighted by Crippen LogP contribution is 2.72. The average molecular weight is 452 g/mol. The Hall–Kier alpha value is -1.48. The van der Waals surface area contributed by atoms with Crippen molar-refractivity contribution in [2.24, 2.45) is 22.7 Å². The molecule has 0 aromatic carbocycles. The van der Waals surface area contributed by atoms with E-state index in [0.717, 1.165) is 6.08 Å². The van der Waals surface area contributed by atoms with E-state index in [4.69, 9.17) is 9.47 Å². The van der Waals surface area contributed by atoms with Crippen LogP contribution >= 0.6 is 0 Å². The summed E-state index contributed by atoms with van der Waals surface area (Å²) in [6.07, 6.45) is -0.151. The molecule has 0 aromatic heterocycles. The fourth-order valence-corrected chi connectivity index (χ4v) is 7.92. The van der Waals surface area contributed by atoms with Crippen molar-refractivity contribution in [1.82, 2.24) is 0 Å². The molecule has 0 aromatic rings. The van der Waals surface area contributed by atoms with E-state index in [1.807, 2.05) is 0 Å². The second-order valence-electron chi connectivity index (χ2n) is 11.0. The van der Waals surface area contributed by atoms with Gasteiger partial charge >= 0.3 is 0 Å². The number of rotatable bonds is 2. The molecule has 32 heavy (non-hydrogen) atoms. The number of hydrogen-bond acceptors (Lipinski definition) is 6. The molecule has 0 amide bonds. The van der Waals surface area contributed by atoms with Gasteiger partial charge in [0.25, 0.3) is 0 Å². The molecule has 176 valence electrons. The molecule has 4 aliphatic carbocycles. The highest BCUT2D eigenvalue weighted by atomic mass is 19.1. The molecule has 0 bridgehead atoms. The van der Waals surface area contributed by atoms with E-state index in [0.29, 0.717) is 0 Å². The van der Waals surface area contributed by atoms with Crippen LogP contribution in [-0.4, -0.2) is 63.8 Å². The van der Waals surface area contributed by atoms with Crippen molar-refractivity contribution in [3.8, 4) is 0 Å². The molecular formula is C24H30F2O6. The van der Waals surface area contributed by atoms with Crippen LogP contribution < -0.4 is 0 Å². The minimum Gasteiger partial charge on any atom is -0.390 e. The zero-order valence-corrected chi connectivity index (χ0v) is 18.7. The molecular weight excluding hydrogens is 422 g/mol. The Morgan fingerprint density at radius 1 is 1.22 bits per heavy atom. The SMILES string of the molecule is CC1(C)O[C@@H]2CC3C4C[C@H](F)C5=CC(=O)C=CC5(C)[C@@]4(F)[C@@H](O)CC3(C)[C@]2(C(=O)CO)O1. The minimum absolute atomic E-state index is 0.0550. The Labute approximate surface area is 185 Å². The number of ketones is 2. The summed E-state index contributed by atoms with van der Waals surface area (Å²) in [7, 11) is 0. The Morgan fingerprint density at radius 3 is 2.56 bits per heavy atom. The van der Waals surface area contributed by atoms with Gasteiger partial charge < -0.3 is 19.7 Å². The first-order valence-corrected chi connectivity index (χ1v) is 11.3. The fourth-order valence-electron chi connectivity index (χ4n) is 7.92. The number of hydrogen-bond donors (Lipinski definition) is 2. The van der Waals surface area contributed by atoms with Crippen molar-refractivity contribution in [2.75, 3.05) is 6.61 Å². The van der Waals surface area contributed by atoms with Crippen LogP contribution in [0.1, 0.15) is 47.0 Å². The van der Waals surface area contributed by atoms with Crippen LogP contribution in [0.25, 0.3) is 0 Å². The quantitative estimate of drug-likeness (QED) is 0.668. The molecule has 1 heterocycles. The summed E-state index contributed by atoms with van der Waals surface area (Å²) in [5, 5.41) is 21.1. The maximum Gasteiger partial charge on any atom is 0.193 e. The van der Waals surface area contributed by atoms with Gasteiger partial charge in [0.05, 0.1) is 12.2 Å². The van der Waals surface area contributed by atoms with Gasteiger partial charge in [-0.15, -0.1) is 0 Å². The van der Waals surface area contributed by atoms with Crippen molar-refractivity contribution in [1.29, 1.82) is 0 Å². The zero-order valence-electron chi connectivity index (χ0n) is 18.7. The molecule has 4 fully saturated rings. The van der Waals surface area contributed by atoms with E-state index < -0.39 is 76.3 Å². The maximum absolute atomic E-state index is 17.1. The van der Waals surface area contributed by atoms with Crippen molar-refractivity contribution >= 4 is 11.6 Å². The van der Waals surface area contributed by atoms with Crippen molar-refractivity contribution < 1.29 is 38.1 Å². The molecule has 5 rings (SSSR count). The molecule has 8 heteroatoms. The van der Waals surface area contributed by atoms with Crippen molar-refractivity contribution in [3.63, 3.8) is 0 Å². The minimum atomic E-state index is -2.24. The van der Waals surface area contributed by atoms with Crippen molar-refractivity contribution in [3.05, 3.63) is 23.8 Å². The number of aliphatic hydroxyl groups is 2. The van der Waals surface area contributed by atoms with Gasteiger partial charge in [-0.3, -0.25) is 9.59 Å². The van der Waals surface area contributed by atoms with E-state index in [1.54, 1.807) is 20.8 Å². The summed E-state index contributed by atoms with van der Waals surface area (Å²) in [4.78, 5) is 25.1. The maximum atomic E-state index is 17.1. The first kappa shape index (κ1) is 22.3. The average Bonchev–Trinajstić information content (AvgIpc) is 3.11. The van der Waals surface area contributed by atoms with Crippen LogP contribution in [0, 0.1) is 22.7 Å². The Morgan fingerprint density at radius 2 is 1.91 bits per heavy atom. The van der Waals surface area contributed by atoms with Crippen molar-refractivity contribution in [2.45, 2.75) is 82.4 Å². The first-order chi connectivity index (χ1) is 14.8. The van der Waals surface area contributed by atoms with Crippen LogP contribution in [0.5, 0.6) is 0 Å². The summed E-state index contributed by atoms with van der Waals surface area (Å²) in [5.74, 6) is -3.53. The Bertz CT molecular complexity index is 960. The number of fused-ring (bicyclic) bond motifs is 7. The Balaban J connectivity index is 1.66. The number of carbonyl (C=O) groups is 2. The molecule has 2 N–H and O–H groups in total. The lowest BCUT2D eigenvalue weighted by Crippen LogP contribution is -2.71. The molecule has 9 atom stereocenters. The lowest BCUT2D eigenvalue weighted by atomic mass is 9.44. The lowest BCUT2D eigenvalue weighted by molar-refractivity contribution is -0.248. The second-order valence-corrected chi connectivity index (χ2v) is 11.0. The number of carbonyl (C=O) groups excluding carboxylic acids is 2. The first-order valence-electron chi connectivity index (χ1n) is 11.3. The number of aliphatic hydroxyl groups excluding tert-OH is 2. The van der Waals surface area contributed by atoms with Gasteiger partial charge in [0.1, 0.15) is 12.8 Å². The number of allylic oxidation sites excluding steroid dienone is 4. The lowest BCUT2D eigenvalue weighted by Gasteiger charge is -2.63. The van der Waals surface area contributed by atoms with Gasteiger partial charge in [-0.25, -0.2) is 8.78 Å². The molecule has 1 aliphatic heterocycles. The highest BCUT2D eigenvalue weighted by molar-refractivity contribution is 6.01. The van der Waals surface area contributed by atoms with Crippen LogP contribution in [-0.2, 0) is 19.1 Å². The van der Waals surface area contributed by atoms with E-state index in [9.17, 15) is 19.8 Å². The largest absolute Gasteiger partial charge is 0.390 e. The normalized spacial score (nSPS) is 53.2. The summed E-state index contributed by atoms with van der Waals surface area (Å²) < 4.78 is 44.8. The monoisotopic (exact) mass is 452 g/mol. The highest BCUT2D eigenvalue weighted by Gasteiger charge is 2.80. The zero-order chi connectivity index (χ0) is 23.5. The standard InChI is InChI=1S/C24H30F2O6/c1-20(2)31-19-9-13-14-8-16(25)15-7-12(28)5-6-21(15,3)23(14,26)17(29)10-22(13,4)24(19,32-20)18(30)11-27/h5-7,13-14,16-17,19,27,29H,8-11H2,1-4H3/t13?,14?,16-,17-,19+,21?,22?,23-,24+/m0/s1. The van der Waals surface area contributed by atoms with Gasteiger partial charge in [-0.2, -0.15) is 0 Å². The van der Waals surface area contributed by atoms with Gasteiger partial charge in [-0.1, -0.05) is 13.0 Å². The number of alkyl halides is 2. The summed E-state index contributed by atoms with van der Waals surface area (Å²) in [6.45, 7) is 5.87. The number of Topliss-reactive ketones (excluding diaryl/α,β-unsaturated/α-hetero) is 1. The Kier molecular flexibility index (Phi) is 4.42. The van der Waals surface area contributed by atoms with E-state index >= 15 is 8.78 Å². The summed E-state index contributed by atoms with van der Waals surface area (Å²) >= 11 is 0. The number of halogens is 2. The second kappa shape index (κ2) is 6.34. The predicted octanol–water partition coefficient (Wildman–Crippen LogP) is 2.37. The van der Waals surface area contributed by atoms with E-state index in [2.05, 4.69) is 0 Å². The van der Waals surface area contributed by atoms with Gasteiger partial charge in [0.2, 0.25) is 0 Å².